The van der Waals surface area contributed by atoms with Gasteiger partial charge in [-0.2, -0.15) is 13.2 Å². The second-order valence-corrected chi connectivity index (χ2v) is 9.20. The van der Waals surface area contributed by atoms with Crippen LogP contribution in [0.15, 0.2) is 58.7 Å². The highest BCUT2D eigenvalue weighted by Crippen LogP contribution is 2.47. The van der Waals surface area contributed by atoms with Crippen LogP contribution in [0.25, 0.3) is 0 Å². The first-order valence-corrected chi connectivity index (χ1v) is 11.1. The van der Waals surface area contributed by atoms with E-state index in [2.05, 4.69) is 0 Å². The second-order valence-electron chi connectivity index (χ2n) is 9.20. The Morgan fingerprint density at radius 1 is 1.06 bits per heavy atom. The fourth-order valence-electron chi connectivity index (χ4n) is 4.75. The molecule has 1 atom stereocenters. The summed E-state index contributed by atoms with van der Waals surface area (Å²) in [5.41, 5.74) is 9.42. The average Bonchev–Trinajstić information content (AvgIpc) is 3.06. The molecule has 0 spiro atoms. The van der Waals surface area contributed by atoms with Crippen molar-refractivity contribution in [1.29, 1.82) is 0 Å². The van der Waals surface area contributed by atoms with Gasteiger partial charge in [0.25, 0.3) is 0 Å². The van der Waals surface area contributed by atoms with Crippen molar-refractivity contribution in [2.45, 2.75) is 65.0 Å². The molecule has 0 saturated heterocycles. The number of halogens is 3. The maximum absolute atomic E-state index is 13.4. The van der Waals surface area contributed by atoms with Gasteiger partial charge in [0, 0.05) is 24.3 Å². The zero-order valence-electron chi connectivity index (χ0n) is 19.8. The van der Waals surface area contributed by atoms with E-state index < -0.39 is 23.1 Å². The van der Waals surface area contributed by atoms with Gasteiger partial charge in [-0.1, -0.05) is 42.0 Å². The molecule has 2 aromatic carbocycles. The van der Waals surface area contributed by atoms with Gasteiger partial charge in [-0.05, 0) is 62.4 Å². The summed E-state index contributed by atoms with van der Waals surface area (Å²) in [6.45, 7) is 7.60. The van der Waals surface area contributed by atoms with Crippen molar-refractivity contribution in [3.8, 4) is 0 Å². The predicted molar refractivity (Wildman–Crippen MR) is 127 cm³/mol. The summed E-state index contributed by atoms with van der Waals surface area (Å²) in [5.74, 6) is -0.918. The Morgan fingerprint density at radius 2 is 1.74 bits per heavy atom. The van der Waals surface area contributed by atoms with Gasteiger partial charge >= 0.3 is 6.18 Å². The summed E-state index contributed by atoms with van der Waals surface area (Å²) in [6.07, 6.45) is -3.78. The lowest BCUT2D eigenvalue weighted by molar-refractivity contribution is -0.137. The van der Waals surface area contributed by atoms with E-state index in [9.17, 15) is 22.8 Å². The van der Waals surface area contributed by atoms with E-state index in [0.29, 0.717) is 24.1 Å². The Bertz CT molecular complexity index is 1190. The molecule has 0 saturated carbocycles. The molecule has 1 amide bonds. The standard InChI is InChI=1S/C27H29F3N2O2/c1-16-7-5-10-22(19(16)4)26(24(33)13-25(31)34)14-17(2)23(15-26)32-18(3)11-20-8-6-9-21(12-20)27(28,29)30/h5-10,12H,11,13-15H2,1-4H3,(H2,31,34). The van der Waals surface area contributed by atoms with Gasteiger partial charge in [0.1, 0.15) is 0 Å². The minimum atomic E-state index is -4.41. The number of allylic oxidation sites excluding steroid dienone is 2. The van der Waals surface area contributed by atoms with Crippen LogP contribution in [0.2, 0.25) is 0 Å². The van der Waals surface area contributed by atoms with Crippen LogP contribution in [0.5, 0.6) is 0 Å². The van der Waals surface area contributed by atoms with Crippen LogP contribution < -0.4 is 5.73 Å². The number of aryl methyl sites for hydroxylation is 1. The summed E-state index contributed by atoms with van der Waals surface area (Å²) < 4.78 is 39.2. The first kappa shape index (κ1) is 25.4. The van der Waals surface area contributed by atoms with Crippen LogP contribution in [-0.2, 0) is 27.6 Å². The zero-order chi connectivity index (χ0) is 25.3. The van der Waals surface area contributed by atoms with Crippen LogP contribution in [0.3, 0.4) is 0 Å². The smallest absolute Gasteiger partial charge is 0.369 e. The predicted octanol–water partition coefficient (Wildman–Crippen LogP) is 5.78. The molecule has 2 N–H and O–H groups in total. The lowest BCUT2D eigenvalue weighted by Crippen LogP contribution is -2.37. The van der Waals surface area contributed by atoms with Crippen LogP contribution in [-0.4, -0.2) is 17.4 Å². The van der Waals surface area contributed by atoms with E-state index in [0.717, 1.165) is 40.1 Å². The number of aliphatic imine (C=N–C) groups is 1. The normalized spacial score (nSPS) is 19.0. The monoisotopic (exact) mass is 470 g/mol. The van der Waals surface area contributed by atoms with Crippen LogP contribution >= 0.6 is 0 Å². The SMILES string of the molecule is CC(Cc1cccc(C(F)(F)F)c1)=NC1=C(C)CC(C(=O)CC(N)=O)(c2cccc(C)c2C)C1. The third kappa shape index (κ3) is 5.29. The summed E-state index contributed by atoms with van der Waals surface area (Å²) in [4.78, 5) is 29.7. The summed E-state index contributed by atoms with van der Waals surface area (Å²) >= 11 is 0. The highest BCUT2D eigenvalue weighted by molar-refractivity contribution is 6.04. The molecule has 0 fully saturated rings. The summed E-state index contributed by atoms with van der Waals surface area (Å²) in [5, 5.41) is 0. The van der Waals surface area contributed by atoms with E-state index in [1.807, 2.05) is 39.0 Å². The van der Waals surface area contributed by atoms with Crippen molar-refractivity contribution >= 4 is 17.4 Å². The van der Waals surface area contributed by atoms with Crippen molar-refractivity contribution in [3.63, 3.8) is 0 Å². The number of benzene rings is 2. The van der Waals surface area contributed by atoms with Gasteiger partial charge in [0.05, 0.1) is 17.4 Å². The number of Topliss-reactive ketones (excluding diaryl/α,β-unsaturated/α-hetero) is 1. The van der Waals surface area contributed by atoms with E-state index in [-0.39, 0.29) is 18.6 Å². The fraction of sp³-hybridized carbons (Fsp3) is 0.370. The number of amides is 1. The number of rotatable bonds is 7. The van der Waals surface area contributed by atoms with E-state index in [1.54, 1.807) is 13.0 Å². The number of nitrogens with zero attached hydrogens (tertiary/aromatic N) is 1. The van der Waals surface area contributed by atoms with Crippen molar-refractivity contribution < 1.29 is 22.8 Å². The number of nitrogens with two attached hydrogens (primary N) is 1. The maximum atomic E-state index is 13.4. The third-order valence-corrected chi connectivity index (χ3v) is 6.56. The molecular formula is C27H29F3N2O2. The molecule has 2 aromatic rings. The van der Waals surface area contributed by atoms with Gasteiger partial charge in [0.2, 0.25) is 5.91 Å². The summed E-state index contributed by atoms with van der Waals surface area (Å²) in [6, 6.07) is 11.0. The minimum Gasteiger partial charge on any atom is -0.369 e. The largest absolute Gasteiger partial charge is 0.416 e. The number of hydrogen-bond acceptors (Lipinski definition) is 3. The fourth-order valence-corrected chi connectivity index (χ4v) is 4.75. The Labute approximate surface area is 197 Å². The van der Waals surface area contributed by atoms with Gasteiger partial charge in [-0.25, -0.2) is 0 Å². The van der Waals surface area contributed by atoms with Crippen LogP contribution in [0.4, 0.5) is 13.2 Å². The van der Waals surface area contributed by atoms with Gasteiger partial charge in [-0.15, -0.1) is 0 Å². The Kier molecular flexibility index (Phi) is 7.15. The number of ketones is 1. The minimum absolute atomic E-state index is 0.242. The van der Waals surface area contributed by atoms with Crippen molar-refractivity contribution in [3.05, 3.63) is 81.6 Å². The van der Waals surface area contributed by atoms with E-state index in [4.69, 9.17) is 10.7 Å². The molecule has 0 radical (unpaired) electrons. The number of alkyl halides is 3. The Morgan fingerprint density at radius 3 is 2.38 bits per heavy atom. The third-order valence-electron chi connectivity index (χ3n) is 6.56. The van der Waals surface area contributed by atoms with Crippen LogP contribution in [0, 0.1) is 13.8 Å². The molecule has 0 heterocycles. The van der Waals surface area contributed by atoms with E-state index in [1.165, 1.54) is 6.07 Å². The Balaban J connectivity index is 1.94. The second kappa shape index (κ2) is 9.57. The number of carbonyl (C=O) groups is 2. The quantitative estimate of drug-likeness (QED) is 0.412. The first-order chi connectivity index (χ1) is 15.8. The molecule has 1 aliphatic carbocycles. The molecule has 1 unspecified atom stereocenters. The van der Waals surface area contributed by atoms with Gasteiger partial charge in [-0.3, -0.25) is 14.6 Å². The molecule has 0 aromatic heterocycles. The van der Waals surface area contributed by atoms with Crippen molar-refractivity contribution in [2.75, 3.05) is 0 Å². The number of hydrogen-bond donors (Lipinski definition) is 1. The first-order valence-electron chi connectivity index (χ1n) is 11.1. The molecule has 0 aliphatic heterocycles. The topological polar surface area (TPSA) is 72.5 Å². The zero-order valence-corrected chi connectivity index (χ0v) is 19.8. The highest BCUT2D eigenvalue weighted by atomic mass is 19.4. The van der Waals surface area contributed by atoms with Crippen molar-refractivity contribution in [2.24, 2.45) is 10.7 Å². The van der Waals surface area contributed by atoms with E-state index >= 15 is 0 Å². The Hall–Kier alpha value is -3.22. The lowest BCUT2D eigenvalue weighted by atomic mass is 9.70. The molecule has 3 rings (SSSR count). The highest BCUT2D eigenvalue weighted by Gasteiger charge is 2.46. The van der Waals surface area contributed by atoms with Gasteiger partial charge < -0.3 is 5.73 Å². The lowest BCUT2D eigenvalue weighted by Gasteiger charge is -2.30. The summed E-state index contributed by atoms with van der Waals surface area (Å²) in [7, 11) is 0. The molecule has 180 valence electrons. The van der Waals surface area contributed by atoms with Crippen molar-refractivity contribution in [1.82, 2.24) is 0 Å². The maximum Gasteiger partial charge on any atom is 0.416 e. The molecule has 7 heteroatoms. The molecule has 0 bridgehead atoms. The number of carbonyl (C=O) groups excluding carboxylic acids is 2. The van der Waals surface area contributed by atoms with Crippen LogP contribution in [0.1, 0.15) is 60.9 Å². The molecular weight excluding hydrogens is 441 g/mol. The number of primary amides is 1. The molecule has 4 nitrogen and oxygen atoms in total. The molecule has 1 aliphatic rings. The molecule has 34 heavy (non-hydrogen) atoms. The van der Waals surface area contributed by atoms with Gasteiger partial charge in [0.15, 0.2) is 5.78 Å². The average molecular weight is 471 g/mol.